The molecule has 1 rings (SSSR count). The molecule has 0 saturated carbocycles. The number of hydrogen-bond acceptors (Lipinski definition) is 4. The number of halogens is 3. The largest absolute Gasteiger partial charge is 1.00 e. The van der Waals surface area contributed by atoms with Gasteiger partial charge in [0.1, 0.15) is 6.61 Å². The van der Waals surface area contributed by atoms with Crippen LogP contribution in [0.4, 0.5) is 13.2 Å². The molecule has 4 nitrogen and oxygen atoms in total. The smallest absolute Gasteiger partial charge is 0.871 e. The Bertz CT molecular complexity index is 173. The second kappa shape index (κ2) is 6.64. The van der Waals surface area contributed by atoms with E-state index in [1.54, 1.807) is 0 Å². The summed E-state index contributed by atoms with van der Waals surface area (Å²) in [6.07, 6.45) is -4.18. The molecule has 13 heavy (non-hydrogen) atoms. The molecule has 1 atom stereocenters. The molecule has 0 aliphatic carbocycles. The zero-order valence-electron chi connectivity index (χ0n) is 7.05. The first kappa shape index (κ1) is 18.3. The van der Waals surface area contributed by atoms with E-state index in [9.17, 15) is 23.2 Å². The van der Waals surface area contributed by atoms with Crippen LogP contribution < -0.4 is 113 Å². The van der Waals surface area contributed by atoms with Gasteiger partial charge < -0.3 is 19.4 Å². The average molecular weight is 248 g/mol. The van der Waals surface area contributed by atoms with E-state index in [2.05, 4.69) is 9.39 Å². The quantitative estimate of drug-likeness (QED) is 0.455. The first-order chi connectivity index (χ1) is 4.87. The van der Waals surface area contributed by atoms with E-state index in [0.717, 1.165) is 0 Å². The van der Waals surface area contributed by atoms with Crippen LogP contribution in [0.2, 0.25) is 0 Å². The van der Waals surface area contributed by atoms with E-state index in [1.807, 2.05) is 0 Å². The monoisotopic (exact) mass is 248 g/mol. The minimum atomic E-state index is -4.18. The number of rotatable bonds is 2. The molecule has 0 radical (unpaired) electrons. The third-order valence-electron chi connectivity index (χ3n) is 1.16. The van der Waals surface area contributed by atoms with Crippen LogP contribution in [0.25, 0.3) is 0 Å². The van der Waals surface area contributed by atoms with Gasteiger partial charge in [-0.15, -0.1) is 0 Å². The Kier molecular flexibility index (Phi) is 9.37. The Labute approximate surface area is 158 Å². The number of alkyl halides is 3. The Morgan fingerprint density at radius 3 is 1.77 bits per heavy atom. The first-order valence-corrected chi connectivity index (χ1v) is 2.57. The van der Waals surface area contributed by atoms with Crippen LogP contribution in [0.15, 0.2) is 0 Å². The summed E-state index contributed by atoms with van der Waals surface area (Å²) in [5.41, 5.74) is 0. The van der Waals surface area contributed by atoms with Crippen molar-refractivity contribution >= 4 is 7.32 Å². The Hall–Kier alpha value is 2.97. The predicted octanol–water partition coefficient (Wildman–Crippen LogP) is -7.99. The molecular formula is C3H2BF3K2O4. The van der Waals surface area contributed by atoms with Crippen molar-refractivity contribution in [2.24, 2.45) is 0 Å². The van der Waals surface area contributed by atoms with Gasteiger partial charge in [0.15, 0.2) is 0 Å². The second-order valence-corrected chi connectivity index (χ2v) is 1.94. The van der Waals surface area contributed by atoms with Gasteiger partial charge in [-0.25, -0.2) is 4.39 Å². The van der Waals surface area contributed by atoms with E-state index in [0.29, 0.717) is 0 Å². The first-order valence-electron chi connectivity index (χ1n) is 2.57. The van der Waals surface area contributed by atoms with Crippen LogP contribution in [0.5, 0.6) is 0 Å². The van der Waals surface area contributed by atoms with Crippen molar-refractivity contribution in [3.05, 3.63) is 0 Å². The molecule has 64 valence electrons. The fraction of sp³-hybridized carbons (Fsp3) is 1.00. The van der Waals surface area contributed by atoms with Gasteiger partial charge in [0.2, 0.25) is 0 Å². The normalized spacial score (nSPS) is 29.3. The van der Waals surface area contributed by atoms with Crippen LogP contribution in [0.1, 0.15) is 0 Å². The summed E-state index contributed by atoms with van der Waals surface area (Å²) >= 11 is 0. The molecule has 0 N–H and O–H groups in total. The van der Waals surface area contributed by atoms with Crippen molar-refractivity contribution in [1.82, 2.24) is 0 Å². The zero-order valence-corrected chi connectivity index (χ0v) is 13.3. The van der Waals surface area contributed by atoms with E-state index in [-0.39, 0.29) is 103 Å². The molecule has 1 aliphatic heterocycles. The van der Waals surface area contributed by atoms with Gasteiger partial charge in [-0.05, 0) is 0 Å². The molecule has 0 aromatic heterocycles. The Morgan fingerprint density at radius 2 is 1.69 bits per heavy atom. The number of hydrogen-bond donors (Lipinski definition) is 0. The van der Waals surface area contributed by atoms with Gasteiger partial charge in [-0.2, -0.15) is 8.78 Å². The standard InChI is InChI=1S/C3H2BF3O4.2K/c5-2(11-4(8)9)1-10-3(2,6)7;;/h1H2;;/q-2;2*+1. The number of ether oxygens (including phenoxy) is 1. The molecule has 1 unspecified atom stereocenters. The third-order valence-corrected chi connectivity index (χ3v) is 1.16. The molecule has 1 aliphatic rings. The van der Waals surface area contributed by atoms with E-state index >= 15 is 0 Å². The maximum Gasteiger partial charge on any atom is 1.00 e. The van der Waals surface area contributed by atoms with Crippen LogP contribution in [0.3, 0.4) is 0 Å². The average Bonchev–Trinajstić information content (AvgIpc) is 1.84. The second-order valence-electron chi connectivity index (χ2n) is 1.94. The summed E-state index contributed by atoms with van der Waals surface area (Å²) in [6, 6.07) is 0. The van der Waals surface area contributed by atoms with Gasteiger partial charge in [0.25, 0.3) is 0 Å². The summed E-state index contributed by atoms with van der Waals surface area (Å²) in [5, 5.41) is 19.2. The van der Waals surface area contributed by atoms with Crippen molar-refractivity contribution in [1.29, 1.82) is 0 Å². The molecule has 1 saturated heterocycles. The van der Waals surface area contributed by atoms with E-state index < -0.39 is 25.9 Å². The minimum Gasteiger partial charge on any atom is -0.871 e. The van der Waals surface area contributed by atoms with Gasteiger partial charge in [0, 0.05) is 0 Å². The summed E-state index contributed by atoms with van der Waals surface area (Å²) in [6.45, 7) is -1.10. The van der Waals surface area contributed by atoms with Crippen molar-refractivity contribution in [2.45, 2.75) is 12.0 Å². The molecule has 1 fully saturated rings. The van der Waals surface area contributed by atoms with Crippen molar-refractivity contribution < 1.29 is 135 Å². The maximum atomic E-state index is 12.4. The molecular weight excluding hydrogens is 246 g/mol. The van der Waals surface area contributed by atoms with Crippen molar-refractivity contribution in [3.8, 4) is 0 Å². The molecule has 0 aromatic carbocycles. The van der Waals surface area contributed by atoms with Crippen LogP contribution >= 0.6 is 0 Å². The molecule has 0 spiro atoms. The SMILES string of the molecule is [K+].[K+].[O-]B([O-])OC1(F)COC1(F)F. The summed E-state index contributed by atoms with van der Waals surface area (Å²) in [4.78, 5) is 0. The minimum absolute atomic E-state index is 0. The maximum absolute atomic E-state index is 12.4. The predicted molar refractivity (Wildman–Crippen MR) is 21.6 cm³/mol. The van der Waals surface area contributed by atoms with E-state index in [4.69, 9.17) is 0 Å². The van der Waals surface area contributed by atoms with Gasteiger partial charge in [-0.3, -0.25) is 0 Å². The van der Waals surface area contributed by atoms with Crippen molar-refractivity contribution in [2.75, 3.05) is 6.61 Å². The fourth-order valence-corrected chi connectivity index (χ4v) is 0.550. The fourth-order valence-electron chi connectivity index (χ4n) is 0.550. The van der Waals surface area contributed by atoms with Gasteiger partial charge in [0.05, 0.1) is 7.32 Å². The van der Waals surface area contributed by atoms with Crippen molar-refractivity contribution in [3.63, 3.8) is 0 Å². The van der Waals surface area contributed by atoms with E-state index in [1.165, 1.54) is 0 Å². The van der Waals surface area contributed by atoms with Crippen LogP contribution in [0, 0.1) is 0 Å². The molecule has 10 heteroatoms. The topological polar surface area (TPSA) is 64.6 Å². The Morgan fingerprint density at radius 1 is 1.23 bits per heavy atom. The van der Waals surface area contributed by atoms with Crippen LogP contribution in [-0.2, 0) is 9.39 Å². The molecule has 1 heterocycles. The molecule has 0 amide bonds. The van der Waals surface area contributed by atoms with Gasteiger partial charge in [-0.1, -0.05) is 0 Å². The summed E-state index contributed by atoms with van der Waals surface area (Å²) in [7, 11) is -3.07. The summed E-state index contributed by atoms with van der Waals surface area (Å²) < 4.78 is 43.0. The third kappa shape index (κ3) is 4.38. The zero-order chi connectivity index (χ0) is 8.70. The van der Waals surface area contributed by atoms with Gasteiger partial charge >= 0.3 is 115 Å². The molecule has 0 bridgehead atoms. The molecule has 0 aromatic rings. The Balaban J connectivity index is 0. The van der Waals surface area contributed by atoms with Crippen LogP contribution in [-0.4, -0.2) is 25.9 Å². The summed E-state index contributed by atoms with van der Waals surface area (Å²) in [5.74, 6) is -3.54.